The number of hydrogen-bond donors (Lipinski definition) is 1. The number of rotatable bonds is 2. The zero-order valence-electron chi connectivity index (χ0n) is 8.75. The van der Waals surface area contributed by atoms with Gasteiger partial charge >= 0.3 is 0 Å². The summed E-state index contributed by atoms with van der Waals surface area (Å²) in [6, 6.07) is 3.53. The lowest BCUT2D eigenvalue weighted by Gasteiger charge is -2.06. The molecule has 1 aromatic rings. The average Bonchev–Trinajstić information content (AvgIpc) is 2.73. The van der Waals surface area contributed by atoms with Gasteiger partial charge in [0.1, 0.15) is 5.15 Å². The Morgan fingerprint density at radius 3 is 2.87 bits per heavy atom. The molecule has 2 rings (SSSR count). The van der Waals surface area contributed by atoms with Gasteiger partial charge in [-0.1, -0.05) is 25.4 Å². The second-order valence-corrected chi connectivity index (χ2v) is 4.97. The molecular formula is C11H13ClN2O. The number of aromatic nitrogens is 1. The van der Waals surface area contributed by atoms with Crippen molar-refractivity contribution in [2.24, 2.45) is 5.41 Å². The molecule has 15 heavy (non-hydrogen) atoms. The maximum atomic E-state index is 11.7. The van der Waals surface area contributed by atoms with Crippen molar-refractivity contribution >= 4 is 17.5 Å². The minimum atomic E-state index is -0.0742. The summed E-state index contributed by atoms with van der Waals surface area (Å²) in [4.78, 5) is 15.6. The number of pyridine rings is 1. The summed E-state index contributed by atoms with van der Waals surface area (Å²) in [7, 11) is 0. The van der Waals surface area contributed by atoms with Crippen molar-refractivity contribution < 1.29 is 4.79 Å². The Hall–Kier alpha value is -1.09. The molecule has 4 heteroatoms. The lowest BCUT2D eigenvalue weighted by Crippen LogP contribution is -2.28. The molecule has 1 aromatic heterocycles. The Labute approximate surface area is 93.8 Å². The summed E-state index contributed by atoms with van der Waals surface area (Å²) in [6.45, 7) is 4.27. The monoisotopic (exact) mass is 224 g/mol. The van der Waals surface area contributed by atoms with Crippen LogP contribution in [0.5, 0.6) is 0 Å². The van der Waals surface area contributed by atoms with Gasteiger partial charge in [0.2, 0.25) is 0 Å². The first-order valence-corrected chi connectivity index (χ1v) is 5.29. The maximum Gasteiger partial charge on any atom is 0.251 e. The highest BCUT2D eigenvalue weighted by atomic mass is 35.5. The molecule has 0 radical (unpaired) electrons. The fourth-order valence-electron chi connectivity index (χ4n) is 1.50. The third kappa shape index (κ3) is 2.29. The number of carbonyl (C=O) groups excluding carboxylic acids is 1. The summed E-state index contributed by atoms with van der Waals surface area (Å²) in [5.41, 5.74) is 0.810. The van der Waals surface area contributed by atoms with Crippen LogP contribution < -0.4 is 5.32 Å². The van der Waals surface area contributed by atoms with Crippen molar-refractivity contribution in [3.63, 3.8) is 0 Å². The predicted octanol–water partition coefficient (Wildman–Crippen LogP) is 2.26. The summed E-state index contributed by atoms with van der Waals surface area (Å²) in [6.07, 6.45) is 2.58. The highest BCUT2D eigenvalue weighted by molar-refractivity contribution is 6.29. The van der Waals surface area contributed by atoms with Crippen molar-refractivity contribution in [3.8, 4) is 0 Å². The SMILES string of the molecule is CC1(C)CC1NC(=O)c1ccnc(Cl)c1. The van der Waals surface area contributed by atoms with Crippen molar-refractivity contribution in [2.45, 2.75) is 26.3 Å². The highest BCUT2D eigenvalue weighted by Gasteiger charge is 2.46. The zero-order chi connectivity index (χ0) is 11.1. The quantitative estimate of drug-likeness (QED) is 0.783. The Bertz CT molecular complexity index is 403. The lowest BCUT2D eigenvalue weighted by atomic mass is 10.2. The number of nitrogens with one attached hydrogen (secondary N) is 1. The van der Waals surface area contributed by atoms with Crippen LogP contribution in [0.2, 0.25) is 5.15 Å². The minimum Gasteiger partial charge on any atom is -0.349 e. The van der Waals surface area contributed by atoms with Gasteiger partial charge < -0.3 is 5.32 Å². The van der Waals surface area contributed by atoms with Crippen LogP contribution in [0, 0.1) is 5.41 Å². The molecule has 0 bridgehead atoms. The summed E-state index contributed by atoms with van der Waals surface area (Å²) >= 11 is 5.71. The molecular weight excluding hydrogens is 212 g/mol. The van der Waals surface area contributed by atoms with E-state index in [9.17, 15) is 4.79 Å². The smallest absolute Gasteiger partial charge is 0.251 e. The van der Waals surface area contributed by atoms with Crippen LogP contribution in [0.4, 0.5) is 0 Å². The van der Waals surface area contributed by atoms with E-state index < -0.39 is 0 Å². The fourth-order valence-corrected chi connectivity index (χ4v) is 1.67. The Morgan fingerprint density at radius 1 is 1.67 bits per heavy atom. The number of hydrogen-bond acceptors (Lipinski definition) is 2. The average molecular weight is 225 g/mol. The van der Waals surface area contributed by atoms with Gasteiger partial charge in [-0.2, -0.15) is 0 Å². The van der Waals surface area contributed by atoms with Gasteiger partial charge in [-0.05, 0) is 24.0 Å². The van der Waals surface area contributed by atoms with Crippen LogP contribution in [0.15, 0.2) is 18.3 Å². The van der Waals surface area contributed by atoms with E-state index in [0.717, 1.165) is 6.42 Å². The van der Waals surface area contributed by atoms with Crippen LogP contribution in [0.1, 0.15) is 30.6 Å². The van der Waals surface area contributed by atoms with Crippen LogP contribution in [-0.2, 0) is 0 Å². The first kappa shape index (κ1) is 10.4. The van der Waals surface area contributed by atoms with E-state index in [1.54, 1.807) is 12.1 Å². The number of nitrogens with zero attached hydrogens (tertiary/aromatic N) is 1. The van der Waals surface area contributed by atoms with E-state index in [1.165, 1.54) is 6.20 Å². The largest absolute Gasteiger partial charge is 0.349 e. The van der Waals surface area contributed by atoms with Crippen molar-refractivity contribution in [1.82, 2.24) is 10.3 Å². The molecule has 80 valence electrons. The molecule has 0 saturated heterocycles. The van der Waals surface area contributed by atoms with Gasteiger partial charge in [0.15, 0.2) is 0 Å². The summed E-state index contributed by atoms with van der Waals surface area (Å²) < 4.78 is 0. The van der Waals surface area contributed by atoms with Gasteiger partial charge in [0.25, 0.3) is 5.91 Å². The third-order valence-electron chi connectivity index (χ3n) is 2.81. The first-order chi connectivity index (χ1) is 6.99. The molecule has 1 fully saturated rings. The summed E-state index contributed by atoms with van der Waals surface area (Å²) in [5.74, 6) is -0.0742. The van der Waals surface area contributed by atoms with Crippen LogP contribution >= 0.6 is 11.6 Å². The molecule has 1 atom stereocenters. The maximum absolute atomic E-state index is 11.7. The summed E-state index contributed by atoms with van der Waals surface area (Å²) in [5, 5.41) is 3.31. The third-order valence-corrected chi connectivity index (χ3v) is 3.01. The van der Waals surface area contributed by atoms with Crippen molar-refractivity contribution in [1.29, 1.82) is 0 Å². The van der Waals surface area contributed by atoms with Crippen LogP contribution in [0.25, 0.3) is 0 Å². The molecule has 0 spiro atoms. The zero-order valence-corrected chi connectivity index (χ0v) is 9.51. The van der Waals surface area contributed by atoms with E-state index in [4.69, 9.17) is 11.6 Å². The highest BCUT2D eigenvalue weighted by Crippen LogP contribution is 2.44. The van der Waals surface area contributed by atoms with Gasteiger partial charge in [0, 0.05) is 17.8 Å². The van der Waals surface area contributed by atoms with Gasteiger partial charge in [-0.15, -0.1) is 0 Å². The predicted molar refractivity (Wildman–Crippen MR) is 58.9 cm³/mol. The van der Waals surface area contributed by atoms with Gasteiger partial charge in [0.05, 0.1) is 0 Å². The molecule has 1 saturated carbocycles. The van der Waals surface area contributed by atoms with Gasteiger partial charge in [-0.25, -0.2) is 4.98 Å². The Morgan fingerprint density at radius 2 is 2.33 bits per heavy atom. The van der Waals surface area contributed by atoms with E-state index in [0.29, 0.717) is 10.7 Å². The minimum absolute atomic E-state index is 0.0742. The molecule has 1 unspecified atom stereocenters. The second-order valence-electron chi connectivity index (χ2n) is 4.59. The van der Waals surface area contributed by atoms with Crippen LogP contribution in [0.3, 0.4) is 0 Å². The lowest BCUT2D eigenvalue weighted by molar-refractivity contribution is 0.0946. The first-order valence-electron chi connectivity index (χ1n) is 4.91. The topological polar surface area (TPSA) is 42.0 Å². The number of carbonyl (C=O) groups is 1. The molecule has 0 aliphatic heterocycles. The molecule has 1 heterocycles. The van der Waals surface area contributed by atoms with Gasteiger partial charge in [-0.3, -0.25) is 4.79 Å². The number of halogens is 1. The molecule has 3 nitrogen and oxygen atoms in total. The normalized spacial score (nSPS) is 22.2. The molecule has 1 amide bonds. The Balaban J connectivity index is 2.03. The molecule has 1 N–H and O–H groups in total. The Kier molecular flexibility index (Phi) is 2.43. The number of amides is 1. The molecule has 1 aliphatic rings. The van der Waals surface area contributed by atoms with E-state index in [1.807, 2.05) is 0 Å². The second kappa shape index (κ2) is 3.49. The molecule has 1 aliphatic carbocycles. The standard InChI is InChI=1S/C11H13ClN2O/c1-11(2)6-8(11)14-10(15)7-3-4-13-9(12)5-7/h3-5,8H,6H2,1-2H3,(H,14,15). The van der Waals surface area contributed by atoms with E-state index in [-0.39, 0.29) is 17.4 Å². The van der Waals surface area contributed by atoms with Crippen molar-refractivity contribution in [3.05, 3.63) is 29.0 Å². The van der Waals surface area contributed by atoms with E-state index in [2.05, 4.69) is 24.1 Å². The fraction of sp³-hybridized carbons (Fsp3) is 0.455. The van der Waals surface area contributed by atoms with E-state index >= 15 is 0 Å². The van der Waals surface area contributed by atoms with Crippen molar-refractivity contribution in [2.75, 3.05) is 0 Å². The van der Waals surface area contributed by atoms with Crippen LogP contribution in [-0.4, -0.2) is 16.9 Å². The molecule has 0 aromatic carbocycles.